The minimum Gasteiger partial charge on any atom is -0.463 e. The Bertz CT molecular complexity index is 1310. The lowest BCUT2D eigenvalue weighted by molar-refractivity contribution is -0.180. The van der Waals surface area contributed by atoms with E-state index < -0.39 is 15.8 Å². The summed E-state index contributed by atoms with van der Waals surface area (Å²) >= 11 is 0. The Balaban J connectivity index is 1.06. The van der Waals surface area contributed by atoms with E-state index in [0.717, 1.165) is 48.1 Å². The Morgan fingerprint density at radius 1 is 1.08 bits per heavy atom. The van der Waals surface area contributed by atoms with Crippen LogP contribution < -0.4 is 9.88 Å². The summed E-state index contributed by atoms with van der Waals surface area (Å²) in [4.78, 5) is 14.2. The third-order valence-electron chi connectivity index (χ3n) is 6.53. The maximum Gasteiger partial charge on any atom is 0.410 e. The Kier molecular flexibility index (Phi) is 9.51. The average molecular weight is 557 g/mol. The number of nitrogens with two attached hydrogens (primary N) is 1. The van der Waals surface area contributed by atoms with Gasteiger partial charge in [0.25, 0.3) is 0 Å². The van der Waals surface area contributed by atoms with Gasteiger partial charge in [0.2, 0.25) is 15.8 Å². The first kappa shape index (κ1) is 28.9. The number of ether oxygens (including phenoxy) is 4. The zero-order valence-electron chi connectivity index (χ0n) is 22.5. The molecule has 0 aliphatic carbocycles. The van der Waals surface area contributed by atoms with Gasteiger partial charge < -0.3 is 23.8 Å². The smallest absolute Gasteiger partial charge is 0.410 e. The number of fused-ring (bicyclic) bond motifs is 1. The van der Waals surface area contributed by atoms with Crippen LogP contribution in [0.1, 0.15) is 68.7 Å². The van der Waals surface area contributed by atoms with Crippen molar-refractivity contribution >= 4 is 16.1 Å². The highest BCUT2D eigenvalue weighted by Gasteiger charge is 2.33. The molecule has 2 aromatic carbocycles. The molecule has 10 heteroatoms. The molecule has 2 aliphatic heterocycles. The summed E-state index contributed by atoms with van der Waals surface area (Å²) in [6.45, 7) is 6.68. The van der Waals surface area contributed by atoms with Crippen LogP contribution in [0.3, 0.4) is 0 Å². The second-order valence-corrected chi connectivity index (χ2v) is 11.7. The molecule has 1 atom stereocenters. The quantitative estimate of drug-likeness (QED) is 0.320. The number of benzene rings is 2. The number of rotatable bonds is 11. The van der Waals surface area contributed by atoms with E-state index >= 15 is 0 Å². The SMILES string of the molecule is CC1(C)OCc2cc(C3CN(CCCCCCOCCC#Cc4ccc(S(N)(=O)=O)cc4)C(=O)O3)ccc2O1. The van der Waals surface area contributed by atoms with Gasteiger partial charge >= 0.3 is 6.09 Å². The van der Waals surface area contributed by atoms with E-state index in [1.165, 1.54) is 12.1 Å². The van der Waals surface area contributed by atoms with Gasteiger partial charge in [-0.15, -0.1) is 0 Å². The van der Waals surface area contributed by atoms with Crippen molar-refractivity contribution in [2.45, 2.75) is 69.3 Å². The van der Waals surface area contributed by atoms with Crippen LogP contribution in [0, 0.1) is 11.8 Å². The second-order valence-electron chi connectivity index (χ2n) is 10.1. The fraction of sp³-hybridized carbons (Fsp3) is 0.483. The van der Waals surface area contributed by atoms with Crippen LogP contribution in [0.4, 0.5) is 4.79 Å². The van der Waals surface area contributed by atoms with Crippen LogP contribution >= 0.6 is 0 Å². The molecule has 2 aromatic rings. The van der Waals surface area contributed by atoms with Gasteiger partial charge in [0.1, 0.15) is 11.9 Å². The molecule has 0 aromatic heterocycles. The number of unbranched alkanes of at least 4 members (excludes halogenated alkanes) is 3. The van der Waals surface area contributed by atoms with Crippen molar-refractivity contribution < 1.29 is 32.2 Å². The van der Waals surface area contributed by atoms with Crippen molar-refractivity contribution in [3.63, 3.8) is 0 Å². The molecule has 0 radical (unpaired) electrons. The number of cyclic esters (lactones) is 1. The first-order valence-electron chi connectivity index (χ1n) is 13.2. The number of sulfonamides is 1. The van der Waals surface area contributed by atoms with Gasteiger partial charge in [0.15, 0.2) is 0 Å². The molecule has 2 aliphatic rings. The largest absolute Gasteiger partial charge is 0.463 e. The summed E-state index contributed by atoms with van der Waals surface area (Å²) in [6, 6.07) is 12.1. The standard InChI is InChI=1S/C29H36N2O7S/c1-29(2)36-21-24-19-23(12-15-26(24)38-29)27-20-31(28(32)37-27)16-6-3-4-7-17-35-18-8-5-9-22-10-13-25(14-11-22)39(30,33)34/h10-15,19,27H,3-4,6-8,16-18,20-21H2,1-2H3,(H2,30,33,34). The lowest BCUT2D eigenvalue weighted by atomic mass is 10.0. The van der Waals surface area contributed by atoms with Crippen LogP contribution in [0.5, 0.6) is 5.75 Å². The topological polar surface area (TPSA) is 117 Å². The molecule has 2 N–H and O–H groups in total. The fourth-order valence-corrected chi connectivity index (χ4v) is 4.92. The van der Waals surface area contributed by atoms with E-state index in [2.05, 4.69) is 11.8 Å². The van der Waals surface area contributed by atoms with Crippen LogP contribution in [-0.4, -0.2) is 51.5 Å². The highest BCUT2D eigenvalue weighted by Crippen LogP contribution is 2.35. The number of primary sulfonamides is 1. The maximum absolute atomic E-state index is 12.4. The van der Waals surface area contributed by atoms with E-state index in [1.807, 2.05) is 32.0 Å². The Labute approximate surface area is 230 Å². The summed E-state index contributed by atoms with van der Waals surface area (Å²) in [6.07, 6.45) is 3.94. The Morgan fingerprint density at radius 3 is 2.62 bits per heavy atom. The zero-order chi connectivity index (χ0) is 27.9. The van der Waals surface area contributed by atoms with Gasteiger partial charge in [-0.2, -0.15) is 0 Å². The lowest BCUT2D eigenvalue weighted by Gasteiger charge is -2.32. The molecule has 1 fully saturated rings. The molecule has 0 spiro atoms. The average Bonchev–Trinajstić information content (AvgIpc) is 3.26. The van der Waals surface area contributed by atoms with Crippen molar-refractivity contribution in [3.05, 3.63) is 59.2 Å². The van der Waals surface area contributed by atoms with Crippen molar-refractivity contribution in [2.75, 3.05) is 26.3 Å². The van der Waals surface area contributed by atoms with Crippen LogP contribution in [0.15, 0.2) is 47.4 Å². The molecule has 0 bridgehead atoms. The summed E-state index contributed by atoms with van der Waals surface area (Å²) < 4.78 is 45.4. The predicted octanol–water partition coefficient (Wildman–Crippen LogP) is 4.49. The molecule has 1 unspecified atom stereocenters. The summed E-state index contributed by atoms with van der Waals surface area (Å²) in [5.41, 5.74) is 2.65. The monoisotopic (exact) mass is 556 g/mol. The third-order valence-corrected chi connectivity index (χ3v) is 7.46. The summed E-state index contributed by atoms with van der Waals surface area (Å²) in [7, 11) is -3.69. The number of hydrogen-bond donors (Lipinski definition) is 1. The maximum atomic E-state index is 12.4. The van der Waals surface area contributed by atoms with E-state index in [9.17, 15) is 13.2 Å². The highest BCUT2D eigenvalue weighted by atomic mass is 32.2. The van der Waals surface area contributed by atoms with Crippen LogP contribution in [0.2, 0.25) is 0 Å². The third kappa shape index (κ3) is 8.44. The molecule has 0 saturated carbocycles. The highest BCUT2D eigenvalue weighted by molar-refractivity contribution is 7.89. The Morgan fingerprint density at radius 2 is 1.85 bits per heavy atom. The van der Waals surface area contributed by atoms with E-state index in [0.29, 0.717) is 39.3 Å². The molecule has 1 amide bonds. The second kappa shape index (κ2) is 12.8. The minimum atomic E-state index is -3.69. The van der Waals surface area contributed by atoms with Gasteiger partial charge in [-0.3, -0.25) is 0 Å². The molecule has 1 saturated heterocycles. The van der Waals surface area contributed by atoms with Gasteiger partial charge in [-0.1, -0.05) is 30.7 Å². The van der Waals surface area contributed by atoms with Crippen molar-refractivity contribution in [1.29, 1.82) is 0 Å². The summed E-state index contributed by atoms with van der Waals surface area (Å²) in [5.74, 6) is 6.18. The Hall–Kier alpha value is -3.10. The number of nitrogens with zero attached hydrogens (tertiary/aromatic N) is 1. The molecular weight excluding hydrogens is 520 g/mol. The first-order chi connectivity index (χ1) is 18.6. The normalized spacial score (nSPS) is 18.1. The van der Waals surface area contributed by atoms with Gasteiger partial charge in [-0.25, -0.2) is 18.4 Å². The van der Waals surface area contributed by atoms with Crippen molar-refractivity contribution in [1.82, 2.24) is 4.90 Å². The molecule has 210 valence electrons. The minimum absolute atomic E-state index is 0.0715. The van der Waals surface area contributed by atoms with E-state index in [4.69, 9.17) is 24.1 Å². The number of hydrogen-bond acceptors (Lipinski definition) is 7. The van der Waals surface area contributed by atoms with Gasteiger partial charge in [0, 0.05) is 44.5 Å². The molecule has 39 heavy (non-hydrogen) atoms. The first-order valence-corrected chi connectivity index (χ1v) is 14.8. The van der Waals surface area contributed by atoms with Crippen LogP contribution in [0.25, 0.3) is 0 Å². The number of carbonyl (C=O) groups excluding carboxylic acids is 1. The summed E-state index contributed by atoms with van der Waals surface area (Å²) in [5, 5.41) is 5.09. The molecule has 4 rings (SSSR count). The predicted molar refractivity (Wildman–Crippen MR) is 145 cm³/mol. The molecular formula is C29H36N2O7S. The number of carbonyl (C=O) groups is 1. The van der Waals surface area contributed by atoms with Crippen LogP contribution in [-0.2, 0) is 30.8 Å². The molecule has 2 heterocycles. The van der Waals surface area contributed by atoms with Crippen molar-refractivity contribution in [2.24, 2.45) is 5.14 Å². The zero-order valence-corrected chi connectivity index (χ0v) is 23.3. The number of amides is 1. The lowest BCUT2D eigenvalue weighted by Crippen LogP contribution is -2.35. The van der Waals surface area contributed by atoms with Gasteiger partial charge in [-0.05, 0) is 54.8 Å². The fourth-order valence-electron chi connectivity index (χ4n) is 4.40. The molecule has 9 nitrogen and oxygen atoms in total. The van der Waals surface area contributed by atoms with Gasteiger partial charge in [0.05, 0.1) is 24.7 Å². The van der Waals surface area contributed by atoms with Crippen molar-refractivity contribution in [3.8, 4) is 17.6 Å². The van der Waals surface area contributed by atoms with E-state index in [1.54, 1.807) is 17.0 Å². The van der Waals surface area contributed by atoms with E-state index in [-0.39, 0.29) is 17.1 Å².